The molecule has 0 radical (unpaired) electrons. The Hall–Kier alpha value is -2.04. The predicted octanol–water partition coefficient (Wildman–Crippen LogP) is 4.34. The summed E-state index contributed by atoms with van der Waals surface area (Å²) in [5.41, 5.74) is 0.767. The highest BCUT2D eigenvalue weighted by molar-refractivity contribution is 6.30. The fraction of sp³-hybridized carbons (Fsp3) is 0.125. The van der Waals surface area contributed by atoms with Gasteiger partial charge < -0.3 is 9.57 Å². The number of rotatable bonds is 5. The minimum atomic E-state index is -0.788. The summed E-state index contributed by atoms with van der Waals surface area (Å²) >= 11 is 11.5. The standard InChI is InChI=1S/C16H13Cl2NO3/c1-11(21-15-8-6-14(18)7-9-15)16(20)22-19-10-12-2-4-13(17)5-3-12/h2-11H,1H3. The van der Waals surface area contributed by atoms with Crippen LogP contribution >= 0.6 is 23.2 Å². The average Bonchev–Trinajstić information content (AvgIpc) is 2.51. The number of hydrogen-bond acceptors (Lipinski definition) is 4. The zero-order valence-corrected chi connectivity index (χ0v) is 13.2. The van der Waals surface area contributed by atoms with Crippen molar-refractivity contribution in [2.75, 3.05) is 0 Å². The molecule has 0 bridgehead atoms. The van der Waals surface area contributed by atoms with Crippen molar-refractivity contribution in [2.45, 2.75) is 13.0 Å². The van der Waals surface area contributed by atoms with Crippen LogP contribution in [-0.2, 0) is 9.63 Å². The lowest BCUT2D eigenvalue weighted by Gasteiger charge is -2.11. The second-order valence-electron chi connectivity index (χ2n) is 4.41. The van der Waals surface area contributed by atoms with Crippen molar-refractivity contribution in [1.82, 2.24) is 0 Å². The molecule has 0 aromatic heterocycles. The fourth-order valence-corrected chi connectivity index (χ4v) is 1.78. The summed E-state index contributed by atoms with van der Waals surface area (Å²) in [6.45, 7) is 1.58. The molecule has 114 valence electrons. The number of hydrogen-bond donors (Lipinski definition) is 0. The van der Waals surface area contributed by atoms with Gasteiger partial charge in [0.2, 0.25) is 0 Å². The molecule has 0 N–H and O–H groups in total. The van der Waals surface area contributed by atoms with Gasteiger partial charge in [-0.25, -0.2) is 4.79 Å². The van der Waals surface area contributed by atoms with Crippen LogP contribution in [0.5, 0.6) is 5.75 Å². The van der Waals surface area contributed by atoms with Crippen molar-refractivity contribution >= 4 is 35.4 Å². The maximum absolute atomic E-state index is 11.8. The van der Waals surface area contributed by atoms with Crippen molar-refractivity contribution < 1.29 is 14.4 Å². The second-order valence-corrected chi connectivity index (χ2v) is 5.28. The molecule has 0 fully saturated rings. The molecule has 0 aliphatic rings. The lowest BCUT2D eigenvalue weighted by molar-refractivity contribution is -0.151. The van der Waals surface area contributed by atoms with E-state index in [0.29, 0.717) is 15.8 Å². The molecular formula is C16H13Cl2NO3. The first kappa shape index (κ1) is 16.3. The lowest BCUT2D eigenvalue weighted by atomic mass is 10.2. The highest BCUT2D eigenvalue weighted by Gasteiger charge is 2.16. The first-order chi connectivity index (χ1) is 10.5. The van der Waals surface area contributed by atoms with E-state index >= 15 is 0 Å². The summed E-state index contributed by atoms with van der Waals surface area (Å²) in [4.78, 5) is 16.5. The lowest BCUT2D eigenvalue weighted by Crippen LogP contribution is -2.24. The molecule has 2 aromatic carbocycles. The number of ether oxygens (including phenoxy) is 1. The molecule has 4 nitrogen and oxygen atoms in total. The van der Waals surface area contributed by atoms with Crippen LogP contribution < -0.4 is 4.74 Å². The summed E-state index contributed by atoms with van der Waals surface area (Å²) in [6.07, 6.45) is 0.631. The molecule has 22 heavy (non-hydrogen) atoms. The Bertz CT molecular complexity index is 654. The Balaban J connectivity index is 1.85. The highest BCUT2D eigenvalue weighted by atomic mass is 35.5. The third-order valence-electron chi connectivity index (χ3n) is 2.67. The molecular weight excluding hydrogens is 325 g/mol. The largest absolute Gasteiger partial charge is 0.479 e. The molecule has 0 aliphatic heterocycles. The van der Waals surface area contributed by atoms with E-state index in [0.717, 1.165) is 5.56 Å². The molecule has 0 spiro atoms. The summed E-state index contributed by atoms with van der Waals surface area (Å²) in [5, 5.41) is 4.85. The van der Waals surface area contributed by atoms with Gasteiger partial charge in [0.05, 0.1) is 6.21 Å². The summed E-state index contributed by atoms with van der Waals surface area (Å²) in [5.74, 6) is -0.0734. The van der Waals surface area contributed by atoms with Gasteiger partial charge in [0.25, 0.3) is 0 Å². The van der Waals surface area contributed by atoms with Crippen molar-refractivity contribution in [3.8, 4) is 5.75 Å². The van der Waals surface area contributed by atoms with Crippen LogP contribution in [-0.4, -0.2) is 18.3 Å². The SMILES string of the molecule is CC(Oc1ccc(Cl)cc1)C(=O)ON=Cc1ccc(Cl)cc1. The van der Waals surface area contributed by atoms with Crippen LogP contribution in [0.1, 0.15) is 12.5 Å². The van der Waals surface area contributed by atoms with Gasteiger partial charge in [-0.3, -0.25) is 0 Å². The van der Waals surface area contributed by atoms with Gasteiger partial charge in [-0.15, -0.1) is 0 Å². The van der Waals surface area contributed by atoms with Crippen molar-refractivity contribution in [3.05, 3.63) is 64.1 Å². The number of benzene rings is 2. The first-order valence-corrected chi connectivity index (χ1v) is 7.22. The number of carbonyl (C=O) groups excluding carboxylic acids is 1. The van der Waals surface area contributed by atoms with E-state index in [2.05, 4.69) is 5.16 Å². The Labute approximate surface area is 138 Å². The van der Waals surface area contributed by atoms with Gasteiger partial charge in [-0.1, -0.05) is 40.5 Å². The van der Waals surface area contributed by atoms with Gasteiger partial charge in [0, 0.05) is 10.0 Å². The summed E-state index contributed by atoms with van der Waals surface area (Å²) in [6, 6.07) is 13.6. The molecule has 0 heterocycles. The van der Waals surface area contributed by atoms with E-state index in [1.165, 1.54) is 6.21 Å². The molecule has 1 atom stereocenters. The predicted molar refractivity (Wildman–Crippen MR) is 86.7 cm³/mol. The maximum atomic E-state index is 11.8. The van der Waals surface area contributed by atoms with Crippen LogP contribution in [0, 0.1) is 0 Å². The second kappa shape index (κ2) is 7.82. The minimum Gasteiger partial charge on any atom is -0.479 e. The van der Waals surface area contributed by atoms with E-state index in [1.54, 1.807) is 55.5 Å². The van der Waals surface area contributed by atoms with E-state index in [9.17, 15) is 4.79 Å². The molecule has 0 amide bonds. The number of halogens is 2. The zero-order chi connectivity index (χ0) is 15.9. The molecule has 0 aliphatic carbocycles. The van der Waals surface area contributed by atoms with E-state index in [4.69, 9.17) is 32.8 Å². The van der Waals surface area contributed by atoms with Crippen molar-refractivity contribution in [1.29, 1.82) is 0 Å². The van der Waals surface area contributed by atoms with Crippen LogP contribution in [0.25, 0.3) is 0 Å². The smallest absolute Gasteiger partial charge is 0.374 e. The van der Waals surface area contributed by atoms with Crippen LogP contribution in [0.15, 0.2) is 53.7 Å². The topological polar surface area (TPSA) is 47.9 Å². The molecule has 6 heteroatoms. The highest BCUT2D eigenvalue weighted by Crippen LogP contribution is 2.17. The Kier molecular flexibility index (Phi) is 5.81. The summed E-state index contributed by atoms with van der Waals surface area (Å²) < 4.78 is 5.43. The number of oxime groups is 1. The Morgan fingerprint density at radius 1 is 1.05 bits per heavy atom. The zero-order valence-electron chi connectivity index (χ0n) is 11.7. The fourth-order valence-electron chi connectivity index (χ4n) is 1.53. The molecule has 2 aromatic rings. The quantitative estimate of drug-likeness (QED) is 0.463. The first-order valence-electron chi connectivity index (χ1n) is 6.46. The van der Waals surface area contributed by atoms with Crippen LogP contribution in [0.4, 0.5) is 0 Å². The Morgan fingerprint density at radius 2 is 1.59 bits per heavy atom. The number of carbonyl (C=O) groups is 1. The van der Waals surface area contributed by atoms with Crippen LogP contribution in [0.3, 0.4) is 0 Å². The third kappa shape index (κ3) is 5.06. The monoisotopic (exact) mass is 337 g/mol. The number of nitrogens with zero attached hydrogens (tertiary/aromatic N) is 1. The van der Waals surface area contributed by atoms with E-state index in [-0.39, 0.29) is 0 Å². The van der Waals surface area contributed by atoms with Gasteiger partial charge >= 0.3 is 5.97 Å². The van der Waals surface area contributed by atoms with E-state index < -0.39 is 12.1 Å². The average molecular weight is 338 g/mol. The van der Waals surface area contributed by atoms with Crippen molar-refractivity contribution in [3.63, 3.8) is 0 Å². The maximum Gasteiger partial charge on any atom is 0.374 e. The van der Waals surface area contributed by atoms with Gasteiger partial charge in [-0.05, 0) is 48.9 Å². The van der Waals surface area contributed by atoms with Gasteiger partial charge in [0.15, 0.2) is 6.10 Å². The molecule has 1 unspecified atom stereocenters. The van der Waals surface area contributed by atoms with Crippen molar-refractivity contribution in [2.24, 2.45) is 5.16 Å². The Morgan fingerprint density at radius 3 is 2.18 bits per heavy atom. The third-order valence-corrected chi connectivity index (χ3v) is 3.18. The van der Waals surface area contributed by atoms with Gasteiger partial charge in [-0.2, -0.15) is 0 Å². The van der Waals surface area contributed by atoms with E-state index in [1.807, 2.05) is 0 Å². The molecule has 2 rings (SSSR count). The van der Waals surface area contributed by atoms with Crippen LogP contribution in [0.2, 0.25) is 10.0 Å². The van der Waals surface area contributed by atoms with Gasteiger partial charge in [0.1, 0.15) is 5.75 Å². The normalized spacial score (nSPS) is 12.1. The molecule has 0 saturated heterocycles. The molecule has 0 saturated carbocycles. The minimum absolute atomic E-state index is 0.524. The summed E-state index contributed by atoms with van der Waals surface area (Å²) in [7, 11) is 0.